The van der Waals surface area contributed by atoms with Crippen molar-refractivity contribution in [2.24, 2.45) is 5.92 Å². The number of hydrogen-bond donors (Lipinski definition) is 0. The normalized spacial score (nSPS) is 19.0. The number of nitrogens with zero attached hydrogens (tertiary/aromatic N) is 1. The molecule has 1 amide bonds. The Kier molecular flexibility index (Phi) is 4.39. The average Bonchev–Trinajstić information content (AvgIpc) is 2.18. The molecule has 0 radical (unpaired) electrons. The Labute approximate surface area is 86.4 Å². The molecule has 0 N–H and O–H groups in total. The van der Waals surface area contributed by atoms with Gasteiger partial charge in [-0.05, 0) is 19.8 Å². The Morgan fingerprint density at radius 3 is 2.43 bits per heavy atom. The Hall–Kier alpha value is -0.570. The predicted molar refractivity (Wildman–Crippen MR) is 56.1 cm³/mol. The van der Waals surface area contributed by atoms with Crippen LogP contribution < -0.4 is 0 Å². The van der Waals surface area contributed by atoms with Gasteiger partial charge in [0.25, 0.3) is 0 Å². The fourth-order valence-corrected chi connectivity index (χ4v) is 1.84. The van der Waals surface area contributed by atoms with E-state index in [4.69, 9.17) is 4.74 Å². The number of carbonyl (C=O) groups excluding carboxylic acids is 1. The van der Waals surface area contributed by atoms with Gasteiger partial charge in [0.15, 0.2) is 0 Å². The van der Waals surface area contributed by atoms with Crippen molar-refractivity contribution >= 4 is 5.91 Å². The van der Waals surface area contributed by atoms with Crippen molar-refractivity contribution in [2.75, 3.05) is 19.7 Å². The van der Waals surface area contributed by atoms with Crippen LogP contribution in [0.4, 0.5) is 0 Å². The standard InChI is InChI=1S/C11H21NO2/c1-4-14-10-5-7-12(8-6-10)11(13)9(2)3/h9-10H,4-8H2,1-3H3. The summed E-state index contributed by atoms with van der Waals surface area (Å²) < 4.78 is 5.53. The summed E-state index contributed by atoms with van der Waals surface area (Å²) in [5, 5.41) is 0. The molecule has 1 aliphatic rings. The maximum Gasteiger partial charge on any atom is 0.225 e. The first kappa shape index (κ1) is 11.5. The third-order valence-corrected chi connectivity index (χ3v) is 2.65. The molecule has 0 unspecified atom stereocenters. The molecule has 0 bridgehead atoms. The van der Waals surface area contributed by atoms with Crippen LogP contribution in [0.15, 0.2) is 0 Å². The molecule has 1 fully saturated rings. The summed E-state index contributed by atoms with van der Waals surface area (Å²) in [6.07, 6.45) is 2.36. The predicted octanol–water partition coefficient (Wildman–Crippen LogP) is 1.67. The second kappa shape index (κ2) is 5.35. The van der Waals surface area contributed by atoms with Crippen LogP contribution >= 0.6 is 0 Å². The van der Waals surface area contributed by atoms with Crippen LogP contribution in [0, 0.1) is 5.92 Å². The highest BCUT2D eigenvalue weighted by Gasteiger charge is 2.23. The van der Waals surface area contributed by atoms with E-state index in [0.717, 1.165) is 32.5 Å². The lowest BCUT2D eigenvalue weighted by Gasteiger charge is -2.32. The zero-order valence-corrected chi connectivity index (χ0v) is 9.45. The van der Waals surface area contributed by atoms with Crippen molar-refractivity contribution in [1.29, 1.82) is 0 Å². The number of likely N-dealkylation sites (tertiary alicyclic amines) is 1. The molecule has 0 atom stereocenters. The molecule has 0 spiro atoms. The number of rotatable bonds is 3. The van der Waals surface area contributed by atoms with E-state index >= 15 is 0 Å². The van der Waals surface area contributed by atoms with E-state index in [9.17, 15) is 4.79 Å². The SMILES string of the molecule is CCOC1CCN(C(=O)C(C)C)CC1. The van der Waals surface area contributed by atoms with E-state index in [-0.39, 0.29) is 11.8 Å². The van der Waals surface area contributed by atoms with Gasteiger partial charge >= 0.3 is 0 Å². The lowest BCUT2D eigenvalue weighted by Crippen LogP contribution is -2.42. The molecule has 1 heterocycles. The average molecular weight is 199 g/mol. The smallest absolute Gasteiger partial charge is 0.225 e. The largest absolute Gasteiger partial charge is 0.378 e. The van der Waals surface area contributed by atoms with E-state index in [0.29, 0.717) is 6.10 Å². The first-order chi connectivity index (χ1) is 6.65. The van der Waals surface area contributed by atoms with Crippen LogP contribution in [0.25, 0.3) is 0 Å². The topological polar surface area (TPSA) is 29.5 Å². The summed E-state index contributed by atoms with van der Waals surface area (Å²) in [7, 11) is 0. The summed E-state index contributed by atoms with van der Waals surface area (Å²) in [6.45, 7) is 8.44. The Bertz CT molecular complexity index is 184. The first-order valence-corrected chi connectivity index (χ1v) is 5.55. The molecule has 1 saturated heterocycles. The third-order valence-electron chi connectivity index (χ3n) is 2.65. The van der Waals surface area contributed by atoms with Crippen molar-refractivity contribution in [3.05, 3.63) is 0 Å². The molecule has 0 aromatic heterocycles. The lowest BCUT2D eigenvalue weighted by molar-refractivity contribution is -0.137. The van der Waals surface area contributed by atoms with Gasteiger partial charge in [-0.3, -0.25) is 4.79 Å². The van der Waals surface area contributed by atoms with E-state index in [1.165, 1.54) is 0 Å². The van der Waals surface area contributed by atoms with Gasteiger partial charge in [-0.15, -0.1) is 0 Å². The molecule has 0 aromatic rings. The van der Waals surface area contributed by atoms with Gasteiger partial charge in [-0.25, -0.2) is 0 Å². The molecule has 1 rings (SSSR count). The summed E-state index contributed by atoms with van der Waals surface area (Å²) in [5.74, 6) is 0.401. The fraction of sp³-hybridized carbons (Fsp3) is 0.909. The van der Waals surface area contributed by atoms with Crippen LogP contribution in [0.1, 0.15) is 33.6 Å². The van der Waals surface area contributed by atoms with Gasteiger partial charge in [0.1, 0.15) is 0 Å². The van der Waals surface area contributed by atoms with E-state index < -0.39 is 0 Å². The molecular weight excluding hydrogens is 178 g/mol. The molecule has 14 heavy (non-hydrogen) atoms. The number of amides is 1. The summed E-state index contributed by atoms with van der Waals surface area (Å²) in [6, 6.07) is 0. The van der Waals surface area contributed by atoms with Gasteiger partial charge in [0, 0.05) is 25.6 Å². The fourth-order valence-electron chi connectivity index (χ4n) is 1.84. The third kappa shape index (κ3) is 2.98. The van der Waals surface area contributed by atoms with Crippen LogP contribution in [0.5, 0.6) is 0 Å². The van der Waals surface area contributed by atoms with E-state index in [1.54, 1.807) is 0 Å². The van der Waals surface area contributed by atoms with Crippen LogP contribution in [0.2, 0.25) is 0 Å². The second-order valence-electron chi connectivity index (χ2n) is 4.13. The van der Waals surface area contributed by atoms with E-state index in [2.05, 4.69) is 0 Å². The zero-order valence-electron chi connectivity index (χ0n) is 9.45. The molecular formula is C11H21NO2. The minimum Gasteiger partial charge on any atom is -0.378 e. The molecule has 3 nitrogen and oxygen atoms in total. The minimum absolute atomic E-state index is 0.124. The molecule has 0 aromatic carbocycles. The maximum absolute atomic E-state index is 11.6. The number of carbonyl (C=O) groups is 1. The summed E-state index contributed by atoms with van der Waals surface area (Å²) in [4.78, 5) is 13.6. The van der Waals surface area contributed by atoms with Crippen molar-refractivity contribution in [3.8, 4) is 0 Å². The van der Waals surface area contributed by atoms with Gasteiger partial charge in [0.2, 0.25) is 5.91 Å². The Morgan fingerprint density at radius 2 is 2.00 bits per heavy atom. The monoisotopic (exact) mass is 199 g/mol. The van der Waals surface area contributed by atoms with E-state index in [1.807, 2.05) is 25.7 Å². The van der Waals surface area contributed by atoms with Crippen molar-refractivity contribution in [2.45, 2.75) is 39.7 Å². The van der Waals surface area contributed by atoms with Crippen molar-refractivity contribution in [1.82, 2.24) is 4.90 Å². The molecule has 3 heteroatoms. The van der Waals surface area contributed by atoms with Crippen LogP contribution in [-0.2, 0) is 9.53 Å². The van der Waals surface area contributed by atoms with Crippen molar-refractivity contribution in [3.63, 3.8) is 0 Å². The number of piperidine rings is 1. The lowest BCUT2D eigenvalue weighted by atomic mass is 10.1. The van der Waals surface area contributed by atoms with Gasteiger partial charge in [0.05, 0.1) is 6.10 Å². The maximum atomic E-state index is 11.6. The molecule has 0 aliphatic carbocycles. The number of ether oxygens (including phenoxy) is 1. The highest BCUT2D eigenvalue weighted by Crippen LogP contribution is 2.15. The van der Waals surface area contributed by atoms with Crippen molar-refractivity contribution < 1.29 is 9.53 Å². The van der Waals surface area contributed by atoms with Gasteiger partial charge < -0.3 is 9.64 Å². The zero-order chi connectivity index (χ0) is 10.6. The molecule has 1 aliphatic heterocycles. The minimum atomic E-state index is 0.124. The highest BCUT2D eigenvalue weighted by molar-refractivity contribution is 5.78. The van der Waals surface area contributed by atoms with Gasteiger partial charge in [-0.1, -0.05) is 13.8 Å². The van der Waals surface area contributed by atoms with Crippen LogP contribution in [-0.4, -0.2) is 36.6 Å². The highest BCUT2D eigenvalue weighted by atomic mass is 16.5. The van der Waals surface area contributed by atoms with Crippen LogP contribution in [0.3, 0.4) is 0 Å². The Morgan fingerprint density at radius 1 is 1.43 bits per heavy atom. The molecule has 82 valence electrons. The second-order valence-corrected chi connectivity index (χ2v) is 4.13. The molecule has 0 saturated carbocycles. The number of hydrogen-bond acceptors (Lipinski definition) is 2. The van der Waals surface area contributed by atoms with Gasteiger partial charge in [-0.2, -0.15) is 0 Å². The first-order valence-electron chi connectivity index (χ1n) is 5.55. The quantitative estimate of drug-likeness (QED) is 0.692. The summed E-state index contributed by atoms with van der Waals surface area (Å²) >= 11 is 0. The Balaban J connectivity index is 2.32. The summed E-state index contributed by atoms with van der Waals surface area (Å²) in [5.41, 5.74) is 0.